The van der Waals surface area contributed by atoms with Gasteiger partial charge < -0.3 is 10.2 Å². The number of benzene rings is 1. The highest BCUT2D eigenvalue weighted by Crippen LogP contribution is 2.12. The largest absolute Gasteiger partial charge is 0.478 e. The smallest absolute Gasteiger partial charge is 0.338 e. The van der Waals surface area contributed by atoms with Crippen LogP contribution in [0.4, 0.5) is 4.39 Å². The van der Waals surface area contributed by atoms with E-state index < -0.39 is 11.8 Å². The molecule has 1 rings (SSSR count). The van der Waals surface area contributed by atoms with Crippen LogP contribution in [-0.2, 0) is 0 Å². The number of aliphatic hydroxyl groups is 1. The molecule has 0 amide bonds. The van der Waals surface area contributed by atoms with E-state index >= 15 is 0 Å². The van der Waals surface area contributed by atoms with Gasteiger partial charge in [0.1, 0.15) is 5.82 Å². The SMILES string of the molecule is O=C(O)c1cc(C=CCCO)ccc1F. The minimum Gasteiger partial charge on any atom is -0.478 e. The summed E-state index contributed by atoms with van der Waals surface area (Å²) in [6, 6.07) is 3.85. The zero-order chi connectivity index (χ0) is 11.3. The quantitative estimate of drug-likeness (QED) is 0.798. The van der Waals surface area contributed by atoms with E-state index in [1.807, 2.05) is 0 Å². The molecule has 4 heteroatoms. The summed E-state index contributed by atoms with van der Waals surface area (Å²) in [5.41, 5.74) is 0.253. The fraction of sp³-hybridized carbons (Fsp3) is 0.182. The summed E-state index contributed by atoms with van der Waals surface area (Å²) >= 11 is 0. The number of hydrogen-bond donors (Lipinski definition) is 2. The van der Waals surface area contributed by atoms with Crippen LogP contribution in [0.3, 0.4) is 0 Å². The molecule has 0 saturated carbocycles. The zero-order valence-corrected chi connectivity index (χ0v) is 7.98. The Morgan fingerprint density at radius 1 is 1.47 bits per heavy atom. The summed E-state index contributed by atoms with van der Waals surface area (Å²) in [7, 11) is 0. The van der Waals surface area contributed by atoms with Crippen LogP contribution in [0.15, 0.2) is 24.3 Å². The maximum atomic E-state index is 13.0. The molecular formula is C11H11FO3. The van der Waals surface area contributed by atoms with Gasteiger partial charge in [-0.15, -0.1) is 0 Å². The van der Waals surface area contributed by atoms with E-state index in [9.17, 15) is 9.18 Å². The second-order valence-electron chi connectivity index (χ2n) is 2.96. The van der Waals surface area contributed by atoms with Crippen molar-refractivity contribution >= 4 is 12.0 Å². The van der Waals surface area contributed by atoms with Gasteiger partial charge in [-0.05, 0) is 24.1 Å². The van der Waals surface area contributed by atoms with Crippen molar-refractivity contribution in [2.75, 3.05) is 6.61 Å². The molecule has 1 aromatic carbocycles. The molecule has 2 N–H and O–H groups in total. The number of aliphatic hydroxyl groups excluding tert-OH is 1. The molecule has 0 aliphatic rings. The van der Waals surface area contributed by atoms with Crippen LogP contribution in [-0.4, -0.2) is 22.8 Å². The number of carbonyl (C=O) groups is 1. The lowest BCUT2D eigenvalue weighted by atomic mass is 10.1. The molecule has 0 atom stereocenters. The third kappa shape index (κ3) is 3.18. The monoisotopic (exact) mass is 210 g/mol. The molecule has 3 nitrogen and oxygen atoms in total. The second-order valence-corrected chi connectivity index (χ2v) is 2.96. The normalized spacial score (nSPS) is 10.8. The number of rotatable bonds is 4. The molecule has 0 bridgehead atoms. The third-order valence-electron chi connectivity index (χ3n) is 1.83. The van der Waals surface area contributed by atoms with Gasteiger partial charge in [-0.1, -0.05) is 18.2 Å². The number of carboxylic acids is 1. The van der Waals surface area contributed by atoms with Crippen molar-refractivity contribution in [2.45, 2.75) is 6.42 Å². The second kappa shape index (κ2) is 5.26. The molecule has 80 valence electrons. The zero-order valence-electron chi connectivity index (χ0n) is 7.98. The molecule has 0 aliphatic carbocycles. The minimum absolute atomic E-state index is 0.0312. The van der Waals surface area contributed by atoms with Crippen LogP contribution in [0.25, 0.3) is 6.08 Å². The first-order valence-electron chi connectivity index (χ1n) is 4.45. The van der Waals surface area contributed by atoms with E-state index in [0.717, 1.165) is 6.07 Å². The van der Waals surface area contributed by atoms with Gasteiger partial charge in [0.05, 0.1) is 5.56 Å². The molecule has 0 aliphatic heterocycles. The Bertz CT molecular complexity index is 385. The lowest BCUT2D eigenvalue weighted by molar-refractivity contribution is 0.0692. The first kappa shape index (κ1) is 11.4. The highest BCUT2D eigenvalue weighted by Gasteiger charge is 2.09. The van der Waals surface area contributed by atoms with Gasteiger partial charge in [-0.3, -0.25) is 0 Å². The van der Waals surface area contributed by atoms with E-state index in [-0.39, 0.29) is 12.2 Å². The average molecular weight is 210 g/mol. The molecular weight excluding hydrogens is 199 g/mol. The van der Waals surface area contributed by atoms with E-state index in [4.69, 9.17) is 10.2 Å². The molecule has 0 heterocycles. The maximum Gasteiger partial charge on any atom is 0.338 e. The molecule has 15 heavy (non-hydrogen) atoms. The molecule has 0 saturated heterocycles. The minimum atomic E-state index is -1.29. The van der Waals surface area contributed by atoms with Gasteiger partial charge >= 0.3 is 5.97 Å². The van der Waals surface area contributed by atoms with Crippen LogP contribution in [0, 0.1) is 5.82 Å². The molecule has 0 fully saturated rings. The highest BCUT2D eigenvalue weighted by molar-refractivity contribution is 5.88. The topological polar surface area (TPSA) is 57.5 Å². The van der Waals surface area contributed by atoms with Gasteiger partial charge in [-0.25, -0.2) is 9.18 Å². The van der Waals surface area contributed by atoms with Crippen molar-refractivity contribution < 1.29 is 19.4 Å². The molecule has 1 aromatic rings. The Morgan fingerprint density at radius 2 is 2.20 bits per heavy atom. The Balaban J connectivity index is 2.92. The van der Waals surface area contributed by atoms with Gasteiger partial charge in [0.25, 0.3) is 0 Å². The van der Waals surface area contributed by atoms with Crippen molar-refractivity contribution in [2.24, 2.45) is 0 Å². The number of aromatic carboxylic acids is 1. The third-order valence-corrected chi connectivity index (χ3v) is 1.83. The van der Waals surface area contributed by atoms with Crippen molar-refractivity contribution in [3.8, 4) is 0 Å². The van der Waals surface area contributed by atoms with Crippen molar-refractivity contribution in [3.63, 3.8) is 0 Å². The fourth-order valence-corrected chi connectivity index (χ4v) is 1.10. The highest BCUT2D eigenvalue weighted by atomic mass is 19.1. The molecule has 0 aromatic heterocycles. The number of carboxylic acid groups (broad SMARTS) is 1. The average Bonchev–Trinajstić information content (AvgIpc) is 2.20. The van der Waals surface area contributed by atoms with Crippen LogP contribution in [0.1, 0.15) is 22.3 Å². The van der Waals surface area contributed by atoms with Gasteiger partial charge in [0.15, 0.2) is 0 Å². The van der Waals surface area contributed by atoms with E-state index in [2.05, 4.69) is 0 Å². The van der Waals surface area contributed by atoms with Gasteiger partial charge in [0.2, 0.25) is 0 Å². The predicted molar refractivity (Wildman–Crippen MR) is 54.1 cm³/mol. The summed E-state index contributed by atoms with van der Waals surface area (Å²) in [6.45, 7) is 0.0312. The summed E-state index contributed by atoms with van der Waals surface area (Å²) < 4.78 is 13.0. The first-order chi connectivity index (χ1) is 7.15. The van der Waals surface area contributed by atoms with Gasteiger partial charge in [0, 0.05) is 6.61 Å². The summed E-state index contributed by atoms with van der Waals surface area (Å²) in [6.07, 6.45) is 3.82. The Morgan fingerprint density at radius 3 is 2.80 bits per heavy atom. The van der Waals surface area contributed by atoms with Crippen molar-refractivity contribution in [1.29, 1.82) is 0 Å². The van der Waals surface area contributed by atoms with Gasteiger partial charge in [-0.2, -0.15) is 0 Å². The molecule has 0 spiro atoms. The van der Waals surface area contributed by atoms with Crippen LogP contribution in [0.2, 0.25) is 0 Å². The van der Waals surface area contributed by atoms with Crippen LogP contribution in [0.5, 0.6) is 0 Å². The Labute approximate surface area is 86.5 Å². The van der Waals surface area contributed by atoms with E-state index in [1.54, 1.807) is 12.2 Å². The predicted octanol–water partition coefficient (Wildman–Crippen LogP) is 1.92. The van der Waals surface area contributed by atoms with Crippen molar-refractivity contribution in [3.05, 3.63) is 41.2 Å². The van der Waals surface area contributed by atoms with E-state index in [0.29, 0.717) is 12.0 Å². The van der Waals surface area contributed by atoms with Crippen molar-refractivity contribution in [1.82, 2.24) is 0 Å². The summed E-state index contributed by atoms with van der Waals surface area (Å²) in [5.74, 6) is -2.04. The number of halogens is 1. The van der Waals surface area contributed by atoms with Crippen LogP contribution < -0.4 is 0 Å². The lowest BCUT2D eigenvalue weighted by Gasteiger charge is -1.99. The summed E-state index contributed by atoms with van der Waals surface area (Å²) in [5, 5.41) is 17.2. The molecule has 0 unspecified atom stereocenters. The standard InChI is InChI=1S/C11H11FO3/c12-10-5-4-8(3-1-2-6-13)7-9(10)11(14)15/h1,3-5,7,13H,2,6H2,(H,14,15). The van der Waals surface area contributed by atoms with Crippen LogP contribution >= 0.6 is 0 Å². The summed E-state index contributed by atoms with van der Waals surface area (Å²) in [4.78, 5) is 10.6. The Hall–Kier alpha value is -1.68. The Kier molecular flexibility index (Phi) is 4.00. The first-order valence-corrected chi connectivity index (χ1v) is 4.45. The molecule has 0 radical (unpaired) electrons. The maximum absolute atomic E-state index is 13.0. The fourth-order valence-electron chi connectivity index (χ4n) is 1.10. The van der Waals surface area contributed by atoms with E-state index in [1.165, 1.54) is 12.1 Å². The lowest BCUT2D eigenvalue weighted by Crippen LogP contribution is -2.00. The number of hydrogen-bond acceptors (Lipinski definition) is 2.